The van der Waals surface area contributed by atoms with Gasteiger partial charge in [0.25, 0.3) is 0 Å². The van der Waals surface area contributed by atoms with Crippen LogP contribution >= 0.6 is 0 Å². The van der Waals surface area contributed by atoms with Gasteiger partial charge in [-0.1, -0.05) is 60.7 Å². The first-order valence-electron chi connectivity index (χ1n) is 8.79. The molecule has 0 N–H and O–H groups in total. The number of carbonyl (C=O) groups is 1. The first kappa shape index (κ1) is 17.8. The van der Waals surface area contributed by atoms with E-state index < -0.39 is 5.60 Å². The van der Waals surface area contributed by atoms with Gasteiger partial charge in [-0.15, -0.1) is 0 Å². The Kier molecular flexibility index (Phi) is 5.97. The molecular weight excluding hydrogens is 314 g/mol. The highest BCUT2D eigenvalue weighted by atomic mass is 16.5. The largest absolute Gasteiger partial charge is 0.379 e. The Bertz CT molecular complexity index is 668. The van der Waals surface area contributed by atoms with Gasteiger partial charge in [0.15, 0.2) is 11.4 Å². The molecule has 132 valence electrons. The molecule has 0 amide bonds. The van der Waals surface area contributed by atoms with Crippen LogP contribution in [0.5, 0.6) is 0 Å². The Morgan fingerprint density at radius 3 is 2.28 bits per heavy atom. The SMILES string of the molecule is CC(OCCN1CCOCC1)(C(=O)c1ccccc1)c1ccccc1. The molecular formula is C21H25NO3. The van der Waals surface area contributed by atoms with E-state index >= 15 is 0 Å². The van der Waals surface area contributed by atoms with E-state index in [1.165, 1.54) is 0 Å². The van der Waals surface area contributed by atoms with E-state index in [0.717, 1.165) is 38.4 Å². The molecule has 3 rings (SSSR count). The van der Waals surface area contributed by atoms with Crippen LogP contribution < -0.4 is 0 Å². The number of carbonyl (C=O) groups excluding carboxylic acids is 1. The van der Waals surface area contributed by atoms with E-state index in [1.807, 2.05) is 67.6 Å². The number of Topliss-reactive ketones (excluding diaryl/α,β-unsaturated/α-hetero) is 1. The lowest BCUT2D eigenvalue weighted by Crippen LogP contribution is -2.41. The summed E-state index contributed by atoms with van der Waals surface area (Å²) in [5.41, 5.74) is 0.556. The zero-order valence-electron chi connectivity index (χ0n) is 14.7. The number of nitrogens with zero attached hydrogens (tertiary/aromatic N) is 1. The lowest BCUT2D eigenvalue weighted by atomic mass is 9.87. The number of hydrogen-bond acceptors (Lipinski definition) is 4. The van der Waals surface area contributed by atoms with Crippen molar-refractivity contribution in [3.63, 3.8) is 0 Å². The molecule has 2 aromatic carbocycles. The standard InChI is InChI=1S/C21H25NO3/c1-21(19-10-6-3-7-11-19,20(23)18-8-4-2-5-9-18)25-17-14-22-12-15-24-16-13-22/h2-11H,12-17H2,1H3. The molecule has 1 atom stereocenters. The fraction of sp³-hybridized carbons (Fsp3) is 0.381. The number of hydrogen-bond donors (Lipinski definition) is 0. The number of ketones is 1. The first-order chi connectivity index (χ1) is 12.2. The van der Waals surface area contributed by atoms with Crippen molar-refractivity contribution in [3.05, 3.63) is 71.8 Å². The van der Waals surface area contributed by atoms with E-state index in [2.05, 4.69) is 4.90 Å². The Morgan fingerprint density at radius 2 is 1.64 bits per heavy atom. The Labute approximate surface area is 149 Å². The molecule has 4 heteroatoms. The number of morpholine rings is 1. The van der Waals surface area contributed by atoms with Gasteiger partial charge in [0.2, 0.25) is 0 Å². The predicted octanol–water partition coefficient (Wildman–Crippen LogP) is 3.13. The average molecular weight is 339 g/mol. The van der Waals surface area contributed by atoms with Gasteiger partial charge < -0.3 is 9.47 Å². The van der Waals surface area contributed by atoms with Crippen molar-refractivity contribution in [2.45, 2.75) is 12.5 Å². The topological polar surface area (TPSA) is 38.8 Å². The van der Waals surface area contributed by atoms with Crippen LogP contribution in [0.4, 0.5) is 0 Å². The third-order valence-corrected chi connectivity index (χ3v) is 4.70. The third kappa shape index (κ3) is 4.34. The molecule has 0 saturated carbocycles. The molecule has 0 radical (unpaired) electrons. The van der Waals surface area contributed by atoms with Crippen molar-refractivity contribution in [2.24, 2.45) is 0 Å². The van der Waals surface area contributed by atoms with E-state index in [1.54, 1.807) is 0 Å². The van der Waals surface area contributed by atoms with Crippen molar-refractivity contribution < 1.29 is 14.3 Å². The summed E-state index contributed by atoms with van der Waals surface area (Å²) in [5, 5.41) is 0. The van der Waals surface area contributed by atoms with Gasteiger partial charge in [0.1, 0.15) is 0 Å². The monoisotopic (exact) mass is 339 g/mol. The Hall–Kier alpha value is -2.01. The van der Waals surface area contributed by atoms with Crippen molar-refractivity contribution >= 4 is 5.78 Å². The van der Waals surface area contributed by atoms with E-state index in [-0.39, 0.29) is 5.78 Å². The molecule has 0 aliphatic carbocycles. The maximum atomic E-state index is 13.2. The van der Waals surface area contributed by atoms with Crippen LogP contribution in [-0.4, -0.2) is 50.1 Å². The van der Waals surface area contributed by atoms with E-state index in [4.69, 9.17) is 9.47 Å². The zero-order valence-corrected chi connectivity index (χ0v) is 14.7. The van der Waals surface area contributed by atoms with Gasteiger partial charge in [-0.3, -0.25) is 9.69 Å². The summed E-state index contributed by atoms with van der Waals surface area (Å²) < 4.78 is 11.6. The molecule has 1 unspecified atom stereocenters. The molecule has 1 aliphatic rings. The lowest BCUT2D eigenvalue weighted by molar-refractivity contribution is -0.0362. The summed E-state index contributed by atoms with van der Waals surface area (Å²) >= 11 is 0. The molecule has 1 fully saturated rings. The molecule has 1 aliphatic heterocycles. The molecule has 0 spiro atoms. The molecule has 2 aromatic rings. The average Bonchev–Trinajstić information content (AvgIpc) is 2.69. The van der Waals surface area contributed by atoms with Gasteiger partial charge in [-0.05, 0) is 12.5 Å². The molecule has 4 nitrogen and oxygen atoms in total. The van der Waals surface area contributed by atoms with Crippen LogP contribution in [0.25, 0.3) is 0 Å². The second-order valence-electron chi connectivity index (χ2n) is 6.40. The highest BCUT2D eigenvalue weighted by molar-refractivity contribution is 6.02. The van der Waals surface area contributed by atoms with Gasteiger partial charge in [-0.25, -0.2) is 0 Å². The normalized spacial score (nSPS) is 17.8. The number of benzene rings is 2. The molecule has 1 heterocycles. The van der Waals surface area contributed by atoms with E-state index in [0.29, 0.717) is 12.2 Å². The summed E-state index contributed by atoms with van der Waals surface area (Å²) in [7, 11) is 0. The zero-order chi connectivity index (χ0) is 17.5. The van der Waals surface area contributed by atoms with Crippen molar-refractivity contribution in [3.8, 4) is 0 Å². The molecule has 0 bridgehead atoms. The van der Waals surface area contributed by atoms with Gasteiger partial charge in [0.05, 0.1) is 19.8 Å². The van der Waals surface area contributed by atoms with Gasteiger partial charge in [-0.2, -0.15) is 0 Å². The highest BCUT2D eigenvalue weighted by Gasteiger charge is 2.36. The van der Waals surface area contributed by atoms with Crippen LogP contribution in [0, 0.1) is 0 Å². The molecule has 0 aromatic heterocycles. The second kappa shape index (κ2) is 8.39. The summed E-state index contributed by atoms with van der Waals surface area (Å²) in [6, 6.07) is 19.1. The van der Waals surface area contributed by atoms with Crippen LogP contribution in [0.2, 0.25) is 0 Å². The Balaban J connectivity index is 1.76. The van der Waals surface area contributed by atoms with Gasteiger partial charge in [0, 0.05) is 25.2 Å². The second-order valence-corrected chi connectivity index (χ2v) is 6.40. The van der Waals surface area contributed by atoms with Gasteiger partial charge >= 0.3 is 0 Å². The molecule has 1 saturated heterocycles. The number of ether oxygens (including phenoxy) is 2. The van der Waals surface area contributed by atoms with Crippen molar-refractivity contribution in [2.75, 3.05) is 39.5 Å². The lowest BCUT2D eigenvalue weighted by Gasteiger charge is -2.32. The fourth-order valence-electron chi connectivity index (χ4n) is 3.10. The quantitative estimate of drug-likeness (QED) is 0.727. The minimum atomic E-state index is -0.991. The summed E-state index contributed by atoms with van der Waals surface area (Å²) in [6.45, 7) is 6.53. The summed E-state index contributed by atoms with van der Waals surface area (Å²) in [5.74, 6) is -0.0127. The molecule has 25 heavy (non-hydrogen) atoms. The van der Waals surface area contributed by atoms with Crippen molar-refractivity contribution in [1.29, 1.82) is 0 Å². The minimum Gasteiger partial charge on any atom is -0.379 e. The maximum absolute atomic E-state index is 13.2. The summed E-state index contributed by atoms with van der Waals surface area (Å²) in [4.78, 5) is 15.5. The first-order valence-corrected chi connectivity index (χ1v) is 8.79. The maximum Gasteiger partial charge on any atom is 0.198 e. The highest BCUT2D eigenvalue weighted by Crippen LogP contribution is 2.29. The Morgan fingerprint density at radius 1 is 1.04 bits per heavy atom. The van der Waals surface area contributed by atoms with Crippen LogP contribution in [0.1, 0.15) is 22.8 Å². The minimum absolute atomic E-state index is 0.0127. The number of rotatable bonds is 7. The smallest absolute Gasteiger partial charge is 0.198 e. The van der Waals surface area contributed by atoms with Crippen LogP contribution in [-0.2, 0) is 15.1 Å². The van der Waals surface area contributed by atoms with Crippen molar-refractivity contribution in [1.82, 2.24) is 4.90 Å². The van der Waals surface area contributed by atoms with E-state index in [9.17, 15) is 4.79 Å². The third-order valence-electron chi connectivity index (χ3n) is 4.70. The summed E-state index contributed by atoms with van der Waals surface area (Å²) in [6.07, 6.45) is 0. The predicted molar refractivity (Wildman–Crippen MR) is 97.8 cm³/mol. The van der Waals surface area contributed by atoms with Crippen LogP contribution in [0.3, 0.4) is 0 Å². The fourth-order valence-corrected chi connectivity index (χ4v) is 3.10. The van der Waals surface area contributed by atoms with Crippen LogP contribution in [0.15, 0.2) is 60.7 Å².